The second kappa shape index (κ2) is 11.6. The number of hydrogen-bond donors (Lipinski definition) is 3. The summed E-state index contributed by atoms with van der Waals surface area (Å²) in [5.74, 6) is 0.698. The highest BCUT2D eigenvalue weighted by Crippen LogP contribution is 2.38. The van der Waals surface area contributed by atoms with Crippen LogP contribution in [0.5, 0.6) is 11.6 Å². The molecule has 0 bridgehead atoms. The van der Waals surface area contributed by atoms with Gasteiger partial charge in [-0.1, -0.05) is 6.92 Å². The number of halogens is 3. The van der Waals surface area contributed by atoms with Gasteiger partial charge in [-0.15, -0.1) is 0 Å². The number of aliphatic hydroxyl groups is 3. The summed E-state index contributed by atoms with van der Waals surface area (Å²) in [6.45, 7) is 1.54. The summed E-state index contributed by atoms with van der Waals surface area (Å²) >= 11 is 0. The van der Waals surface area contributed by atoms with Gasteiger partial charge in [-0.25, -0.2) is 9.97 Å². The molecule has 218 valence electrons. The van der Waals surface area contributed by atoms with Crippen molar-refractivity contribution in [2.75, 3.05) is 6.61 Å². The first-order chi connectivity index (χ1) is 19.6. The Morgan fingerprint density at radius 1 is 1.17 bits per heavy atom. The number of nitrogens with zero attached hydrogens (tertiary/aromatic N) is 5. The number of imidazole rings is 1. The van der Waals surface area contributed by atoms with Gasteiger partial charge in [-0.3, -0.25) is 13.9 Å². The van der Waals surface area contributed by atoms with Crippen LogP contribution in [-0.2, 0) is 19.1 Å². The van der Waals surface area contributed by atoms with Crippen LogP contribution in [0.2, 0.25) is 0 Å². The zero-order valence-corrected chi connectivity index (χ0v) is 22.3. The van der Waals surface area contributed by atoms with E-state index in [1.165, 1.54) is 23.0 Å². The Bertz CT molecular complexity index is 1540. The van der Waals surface area contributed by atoms with E-state index in [4.69, 9.17) is 4.74 Å². The zero-order chi connectivity index (χ0) is 29.3. The van der Waals surface area contributed by atoms with Crippen LogP contribution in [0.1, 0.15) is 54.2 Å². The highest BCUT2D eigenvalue weighted by Gasteiger charge is 2.38. The molecular formula is C28H30F3N5O5. The Hall–Kier alpha value is -3.81. The number of ether oxygens (including phenoxy) is 1. The smallest absolute Gasteiger partial charge is 0.435 e. The molecule has 0 spiro atoms. The summed E-state index contributed by atoms with van der Waals surface area (Å²) in [5, 5.41) is 31.3. The molecule has 0 saturated heterocycles. The molecule has 0 aliphatic heterocycles. The van der Waals surface area contributed by atoms with E-state index in [9.17, 15) is 33.3 Å². The van der Waals surface area contributed by atoms with Gasteiger partial charge in [0.05, 0.1) is 24.0 Å². The molecule has 3 heterocycles. The number of rotatable bonds is 9. The monoisotopic (exact) mass is 573 g/mol. The number of fused-ring (bicyclic) bond motifs is 1. The van der Waals surface area contributed by atoms with Crippen molar-refractivity contribution >= 4 is 11.4 Å². The largest absolute Gasteiger partial charge is 0.436 e. The molecule has 41 heavy (non-hydrogen) atoms. The van der Waals surface area contributed by atoms with Crippen molar-refractivity contribution in [3.8, 4) is 22.9 Å². The highest BCUT2D eigenvalue weighted by atomic mass is 19.4. The number of ketones is 1. The van der Waals surface area contributed by atoms with Gasteiger partial charge in [0.1, 0.15) is 5.75 Å². The van der Waals surface area contributed by atoms with E-state index < -0.39 is 24.7 Å². The van der Waals surface area contributed by atoms with Crippen LogP contribution in [0.15, 0.2) is 43.0 Å². The molecule has 0 radical (unpaired) electrons. The second-order valence-corrected chi connectivity index (χ2v) is 10.2. The van der Waals surface area contributed by atoms with Gasteiger partial charge in [0.2, 0.25) is 5.65 Å². The number of alkyl halides is 3. The minimum absolute atomic E-state index is 0.0499. The van der Waals surface area contributed by atoms with Crippen LogP contribution in [0, 0.1) is 11.8 Å². The molecular weight excluding hydrogens is 543 g/mol. The first kappa shape index (κ1) is 28.7. The molecule has 1 aromatic carbocycles. The molecule has 0 atom stereocenters. The van der Waals surface area contributed by atoms with Crippen molar-refractivity contribution in [1.82, 2.24) is 24.1 Å². The molecule has 1 fully saturated rings. The Kier molecular flexibility index (Phi) is 8.11. The Morgan fingerprint density at radius 3 is 2.59 bits per heavy atom. The lowest BCUT2D eigenvalue weighted by Crippen LogP contribution is -2.24. The van der Waals surface area contributed by atoms with E-state index in [0.717, 1.165) is 42.1 Å². The Balaban J connectivity index is 1.43. The molecule has 13 heteroatoms. The normalized spacial score (nSPS) is 17.9. The van der Waals surface area contributed by atoms with Gasteiger partial charge in [-0.05, 0) is 61.8 Å². The lowest BCUT2D eigenvalue weighted by Gasteiger charge is -2.26. The molecule has 1 aliphatic rings. The van der Waals surface area contributed by atoms with Crippen LogP contribution < -0.4 is 4.74 Å². The fourth-order valence-corrected chi connectivity index (χ4v) is 5.35. The number of aromatic nitrogens is 5. The first-order valence-electron chi connectivity index (χ1n) is 13.4. The van der Waals surface area contributed by atoms with E-state index in [0.29, 0.717) is 17.7 Å². The van der Waals surface area contributed by atoms with Crippen LogP contribution in [0.25, 0.3) is 16.9 Å². The van der Waals surface area contributed by atoms with Crippen molar-refractivity contribution in [3.63, 3.8) is 0 Å². The van der Waals surface area contributed by atoms with Crippen LogP contribution in [-0.4, -0.2) is 58.1 Å². The minimum Gasteiger partial charge on any atom is -0.436 e. The van der Waals surface area contributed by atoms with E-state index in [2.05, 4.69) is 15.1 Å². The third kappa shape index (κ3) is 5.97. The summed E-state index contributed by atoms with van der Waals surface area (Å²) in [5.41, 5.74) is 0.157. The van der Waals surface area contributed by atoms with Crippen LogP contribution >= 0.6 is 0 Å². The molecule has 0 amide bonds. The van der Waals surface area contributed by atoms with Crippen molar-refractivity contribution < 1.29 is 38.0 Å². The minimum atomic E-state index is -4.80. The first-order valence-corrected chi connectivity index (χ1v) is 13.4. The van der Waals surface area contributed by atoms with Crippen LogP contribution in [0.3, 0.4) is 0 Å². The quantitative estimate of drug-likeness (QED) is 0.200. The van der Waals surface area contributed by atoms with Crippen molar-refractivity contribution in [2.24, 2.45) is 11.8 Å². The predicted octanol–water partition coefficient (Wildman–Crippen LogP) is 4.26. The molecule has 3 N–H and O–H groups in total. The van der Waals surface area contributed by atoms with Gasteiger partial charge >= 0.3 is 6.18 Å². The van der Waals surface area contributed by atoms with Gasteiger partial charge in [-0.2, -0.15) is 18.3 Å². The fraction of sp³-hybridized carbons (Fsp3) is 0.429. The number of aryl methyl sites for hydroxylation is 1. The number of aliphatic hydroxyl groups excluding tert-OH is 2. The van der Waals surface area contributed by atoms with E-state index in [-0.39, 0.29) is 47.0 Å². The van der Waals surface area contributed by atoms with Crippen LogP contribution in [0.4, 0.5) is 13.2 Å². The number of carbonyl (C=O) groups is 1. The molecule has 0 unspecified atom stereocenters. The number of hydrogen-bond acceptors (Lipinski definition) is 8. The van der Waals surface area contributed by atoms with Gasteiger partial charge in [0.25, 0.3) is 5.88 Å². The zero-order valence-electron chi connectivity index (χ0n) is 22.3. The van der Waals surface area contributed by atoms with E-state index in [1.807, 2.05) is 6.92 Å². The van der Waals surface area contributed by atoms with Crippen molar-refractivity contribution in [3.05, 3.63) is 59.8 Å². The highest BCUT2D eigenvalue weighted by molar-refractivity contribution is 5.99. The SMILES string of the molecule is CCc1cc(Oc2nccn3c(-c4cn(CC(O)O)nc4C(F)(F)F)cnc23)ccc1C(=O)C1CCC(CO)CC1. The maximum atomic E-state index is 13.8. The summed E-state index contributed by atoms with van der Waals surface area (Å²) in [7, 11) is 0. The average molecular weight is 574 g/mol. The van der Waals surface area contributed by atoms with E-state index >= 15 is 0 Å². The summed E-state index contributed by atoms with van der Waals surface area (Å²) < 4.78 is 49.5. The third-order valence-electron chi connectivity index (χ3n) is 7.47. The lowest BCUT2D eigenvalue weighted by atomic mass is 9.78. The molecule has 1 aliphatic carbocycles. The molecule has 4 aromatic rings. The standard InChI is InChI=1S/C28H30F3N5O5/c1-2-17-11-19(7-8-20(17)24(40)18-5-3-16(15-37)4-6-18)41-27-26-33-12-22(36(26)10-9-32-27)21-13-35(14-23(38)39)34-25(21)28(29,30)31/h7-13,16,18,23,37-39H,2-6,14-15H2,1H3. The molecule has 10 nitrogen and oxygen atoms in total. The van der Waals surface area contributed by atoms with Crippen molar-refractivity contribution in [2.45, 2.75) is 58.0 Å². The Labute approximate surface area is 233 Å². The molecule has 5 rings (SSSR count). The number of carbonyl (C=O) groups excluding carboxylic acids is 1. The van der Waals surface area contributed by atoms with Gasteiger partial charge in [0, 0.05) is 36.7 Å². The van der Waals surface area contributed by atoms with E-state index in [1.54, 1.807) is 18.2 Å². The number of Topliss-reactive ketones (excluding diaryl/α,β-unsaturated/α-hetero) is 1. The maximum Gasteiger partial charge on any atom is 0.435 e. The summed E-state index contributed by atoms with van der Waals surface area (Å²) in [6.07, 6.45) is 2.16. The van der Waals surface area contributed by atoms with Crippen molar-refractivity contribution in [1.29, 1.82) is 0 Å². The topological polar surface area (TPSA) is 135 Å². The average Bonchev–Trinajstić information content (AvgIpc) is 3.57. The number of benzene rings is 1. The fourth-order valence-electron chi connectivity index (χ4n) is 5.35. The summed E-state index contributed by atoms with van der Waals surface area (Å²) in [6, 6.07) is 5.14. The van der Waals surface area contributed by atoms with Gasteiger partial charge < -0.3 is 20.1 Å². The second-order valence-electron chi connectivity index (χ2n) is 10.2. The molecule has 1 saturated carbocycles. The maximum absolute atomic E-state index is 13.8. The molecule has 3 aromatic heterocycles. The third-order valence-corrected chi connectivity index (χ3v) is 7.47. The lowest BCUT2D eigenvalue weighted by molar-refractivity contribution is -0.141. The summed E-state index contributed by atoms with van der Waals surface area (Å²) in [4.78, 5) is 21.7. The Morgan fingerprint density at radius 2 is 1.93 bits per heavy atom. The predicted molar refractivity (Wildman–Crippen MR) is 140 cm³/mol. The van der Waals surface area contributed by atoms with Gasteiger partial charge in [0.15, 0.2) is 17.8 Å².